The molecule has 1 aromatic carbocycles. The second kappa shape index (κ2) is 6.74. The topological polar surface area (TPSA) is 148 Å². The van der Waals surface area contributed by atoms with Crippen molar-refractivity contribution in [1.82, 2.24) is 10.9 Å². The molecule has 1 aromatic rings. The minimum Gasteiger partial charge on any atom is -0.282 e. The van der Waals surface area contributed by atoms with Crippen LogP contribution >= 0.6 is 0 Å². The van der Waals surface area contributed by atoms with E-state index in [1.165, 1.54) is 12.1 Å². The van der Waals surface area contributed by atoms with Gasteiger partial charge in [-0.05, 0) is 12.1 Å². The van der Waals surface area contributed by atoms with E-state index < -0.39 is 16.1 Å². The Labute approximate surface area is 92.3 Å². The molecule has 0 saturated carbocycles. The second-order valence-corrected chi connectivity index (χ2v) is 3.83. The number of carbonyl (C=O) groups is 1. The summed E-state index contributed by atoms with van der Waals surface area (Å²) in [6.45, 7) is 0. The van der Waals surface area contributed by atoms with Crippen molar-refractivity contribution in [1.29, 1.82) is 0 Å². The number of nitrogens with two attached hydrogens (primary N) is 2. The standard InChI is InChI=1S/C6H6O3S.CH6N4O/c7-10(8,9)6-4-2-1-3-5-6;2-4-1(6)5-3/h1-5H,(H,7,8,9);2-3H2,(H2,4,5,6). The highest BCUT2D eigenvalue weighted by Gasteiger charge is 2.05. The number of hydrogen-bond acceptors (Lipinski definition) is 5. The average molecular weight is 248 g/mol. The molecule has 0 aliphatic rings. The van der Waals surface area contributed by atoms with Crippen molar-refractivity contribution in [3.8, 4) is 0 Å². The van der Waals surface area contributed by atoms with Crippen molar-refractivity contribution in [3.63, 3.8) is 0 Å². The predicted octanol–water partition coefficient (Wildman–Crippen LogP) is -1.03. The number of hydrogen-bond donors (Lipinski definition) is 5. The van der Waals surface area contributed by atoms with Crippen LogP contribution < -0.4 is 22.5 Å². The summed E-state index contributed by atoms with van der Waals surface area (Å²) in [6.07, 6.45) is 0. The van der Waals surface area contributed by atoms with Gasteiger partial charge in [-0.25, -0.2) is 16.5 Å². The second-order valence-electron chi connectivity index (χ2n) is 2.41. The highest BCUT2D eigenvalue weighted by molar-refractivity contribution is 7.85. The number of benzene rings is 1. The molecule has 0 aliphatic carbocycles. The molecule has 8 nitrogen and oxygen atoms in total. The number of amides is 2. The van der Waals surface area contributed by atoms with Gasteiger partial charge in [0.05, 0.1) is 4.90 Å². The third kappa shape index (κ3) is 5.93. The molecule has 0 bridgehead atoms. The van der Waals surface area contributed by atoms with Crippen LogP contribution in [-0.2, 0) is 10.1 Å². The molecule has 9 heteroatoms. The van der Waals surface area contributed by atoms with Crippen LogP contribution in [0.25, 0.3) is 0 Å². The first-order valence-electron chi connectivity index (χ1n) is 3.91. The Morgan fingerprint density at radius 1 is 1.12 bits per heavy atom. The summed E-state index contributed by atoms with van der Waals surface area (Å²) in [6, 6.07) is 6.82. The lowest BCUT2D eigenvalue weighted by atomic mass is 10.4. The number of carbonyl (C=O) groups excluding carboxylic acids is 1. The highest BCUT2D eigenvalue weighted by atomic mass is 32.2. The Morgan fingerprint density at radius 2 is 1.56 bits per heavy atom. The van der Waals surface area contributed by atoms with Gasteiger partial charge < -0.3 is 0 Å². The van der Waals surface area contributed by atoms with Gasteiger partial charge in [0.25, 0.3) is 10.1 Å². The molecule has 90 valence electrons. The van der Waals surface area contributed by atoms with Crippen molar-refractivity contribution in [2.45, 2.75) is 4.90 Å². The molecule has 7 N–H and O–H groups in total. The molecule has 0 heterocycles. The minimum atomic E-state index is -4.00. The van der Waals surface area contributed by atoms with Gasteiger partial charge in [0.1, 0.15) is 0 Å². The first-order chi connectivity index (χ1) is 7.41. The zero-order valence-corrected chi connectivity index (χ0v) is 8.94. The van der Waals surface area contributed by atoms with Gasteiger partial charge >= 0.3 is 6.03 Å². The molecular weight excluding hydrogens is 236 g/mol. The van der Waals surface area contributed by atoms with Gasteiger partial charge in [0.15, 0.2) is 0 Å². The van der Waals surface area contributed by atoms with Crippen molar-refractivity contribution < 1.29 is 17.8 Å². The summed E-state index contributed by atoms with van der Waals surface area (Å²) in [5.74, 6) is 9.08. The van der Waals surface area contributed by atoms with Crippen LogP contribution in [0.5, 0.6) is 0 Å². The van der Waals surface area contributed by atoms with Crippen molar-refractivity contribution >= 4 is 16.1 Å². The van der Waals surface area contributed by atoms with Crippen molar-refractivity contribution in [2.75, 3.05) is 0 Å². The molecule has 0 aliphatic heterocycles. The fourth-order valence-corrected chi connectivity index (χ4v) is 1.14. The summed E-state index contributed by atoms with van der Waals surface area (Å²) < 4.78 is 29.2. The molecule has 0 radical (unpaired) electrons. The Morgan fingerprint density at radius 3 is 1.75 bits per heavy atom. The summed E-state index contributed by atoms with van der Waals surface area (Å²) in [4.78, 5) is 9.63. The van der Waals surface area contributed by atoms with E-state index in [-0.39, 0.29) is 4.90 Å². The van der Waals surface area contributed by atoms with E-state index in [0.717, 1.165) is 0 Å². The van der Waals surface area contributed by atoms with Gasteiger partial charge in [-0.3, -0.25) is 15.4 Å². The lowest BCUT2D eigenvalue weighted by Crippen LogP contribution is -2.43. The summed E-state index contributed by atoms with van der Waals surface area (Å²) in [5, 5.41) is 0. The number of rotatable bonds is 1. The van der Waals surface area contributed by atoms with E-state index in [9.17, 15) is 13.2 Å². The Hall–Kier alpha value is -1.68. The lowest BCUT2D eigenvalue weighted by Gasteiger charge is -1.92. The molecule has 0 saturated heterocycles. The van der Waals surface area contributed by atoms with Crippen molar-refractivity contribution in [2.24, 2.45) is 11.7 Å². The minimum absolute atomic E-state index is 0.0741. The Kier molecular flexibility index (Phi) is 6.03. The third-order valence-electron chi connectivity index (χ3n) is 1.30. The maximum atomic E-state index is 10.4. The van der Waals surface area contributed by atoms with Crippen LogP contribution in [0.2, 0.25) is 0 Å². The smallest absolute Gasteiger partial charge is 0.282 e. The van der Waals surface area contributed by atoms with Crippen LogP contribution in [-0.4, -0.2) is 19.0 Å². The van der Waals surface area contributed by atoms with E-state index in [1.54, 1.807) is 29.1 Å². The molecule has 0 atom stereocenters. The zero-order chi connectivity index (χ0) is 12.6. The zero-order valence-electron chi connectivity index (χ0n) is 8.12. The Balaban J connectivity index is 0.000000325. The molecule has 16 heavy (non-hydrogen) atoms. The number of hydrazine groups is 2. The maximum Gasteiger partial charge on any atom is 0.343 e. The number of urea groups is 1. The molecule has 0 fully saturated rings. The summed E-state index contributed by atoms with van der Waals surface area (Å²) in [5.41, 5.74) is 3.48. The highest BCUT2D eigenvalue weighted by Crippen LogP contribution is 2.05. The first-order valence-corrected chi connectivity index (χ1v) is 5.35. The van der Waals surface area contributed by atoms with E-state index in [0.29, 0.717) is 0 Å². The normalized spacial score (nSPS) is 9.69. The summed E-state index contributed by atoms with van der Waals surface area (Å²) in [7, 11) is -4.00. The van der Waals surface area contributed by atoms with Crippen LogP contribution in [0.4, 0.5) is 4.79 Å². The molecule has 1 rings (SSSR count). The van der Waals surface area contributed by atoms with Gasteiger partial charge in [0.2, 0.25) is 0 Å². The SMILES string of the molecule is NNC(=O)NN.O=S(=O)(O)c1ccccc1. The fraction of sp³-hybridized carbons (Fsp3) is 0. The van der Waals surface area contributed by atoms with Gasteiger partial charge in [-0.15, -0.1) is 0 Å². The monoisotopic (exact) mass is 248 g/mol. The van der Waals surface area contributed by atoms with Gasteiger partial charge in [-0.1, -0.05) is 18.2 Å². The maximum absolute atomic E-state index is 10.4. The average Bonchev–Trinajstić information content (AvgIpc) is 2.29. The third-order valence-corrected chi connectivity index (χ3v) is 2.17. The van der Waals surface area contributed by atoms with Crippen molar-refractivity contribution in [3.05, 3.63) is 30.3 Å². The number of nitrogens with one attached hydrogen (secondary N) is 2. The quantitative estimate of drug-likeness (QED) is 0.186. The lowest BCUT2D eigenvalue weighted by molar-refractivity contribution is 0.241. The van der Waals surface area contributed by atoms with E-state index in [2.05, 4.69) is 11.7 Å². The van der Waals surface area contributed by atoms with Crippen LogP contribution in [0, 0.1) is 0 Å². The largest absolute Gasteiger partial charge is 0.343 e. The predicted molar refractivity (Wildman–Crippen MR) is 56.3 cm³/mol. The van der Waals surface area contributed by atoms with E-state index in [4.69, 9.17) is 4.55 Å². The van der Waals surface area contributed by atoms with E-state index >= 15 is 0 Å². The molecular formula is C7H12N4O4S. The van der Waals surface area contributed by atoms with Crippen LogP contribution in [0.15, 0.2) is 35.2 Å². The van der Waals surface area contributed by atoms with E-state index in [1.807, 2.05) is 0 Å². The summed E-state index contributed by atoms with van der Waals surface area (Å²) >= 11 is 0. The molecule has 0 spiro atoms. The Bertz CT molecular complexity index is 413. The fourth-order valence-electron chi connectivity index (χ4n) is 0.634. The first kappa shape index (κ1) is 14.3. The molecule has 2 amide bonds. The molecule has 0 unspecified atom stereocenters. The van der Waals surface area contributed by atoms with Crippen LogP contribution in [0.3, 0.4) is 0 Å². The van der Waals surface area contributed by atoms with Crippen LogP contribution in [0.1, 0.15) is 0 Å². The van der Waals surface area contributed by atoms with Gasteiger partial charge in [0, 0.05) is 0 Å². The molecule has 0 aromatic heterocycles. The van der Waals surface area contributed by atoms with Gasteiger partial charge in [-0.2, -0.15) is 8.42 Å².